The van der Waals surface area contributed by atoms with Gasteiger partial charge in [-0.2, -0.15) is 0 Å². The van der Waals surface area contributed by atoms with Crippen LogP contribution in [0.5, 0.6) is 17.2 Å². The third-order valence-corrected chi connectivity index (χ3v) is 5.87. The van der Waals surface area contributed by atoms with E-state index < -0.39 is 0 Å². The van der Waals surface area contributed by atoms with E-state index in [2.05, 4.69) is 23.2 Å². The fraction of sp³-hybridized carbons (Fsp3) is 0.435. The molecule has 2 aromatic carbocycles. The maximum atomic E-state index is 5.86. The maximum absolute atomic E-state index is 5.86. The highest BCUT2D eigenvalue weighted by Crippen LogP contribution is 2.31. The summed E-state index contributed by atoms with van der Waals surface area (Å²) < 4.78 is 16.3. The van der Waals surface area contributed by atoms with Gasteiger partial charge in [-0.3, -0.25) is 0 Å². The Kier molecular flexibility index (Phi) is 7.20. The number of methoxy groups -OCH3 is 3. The van der Waals surface area contributed by atoms with Crippen molar-refractivity contribution in [1.82, 2.24) is 4.90 Å². The van der Waals surface area contributed by atoms with E-state index in [-0.39, 0.29) is 0 Å². The molecule has 0 saturated heterocycles. The van der Waals surface area contributed by atoms with Crippen LogP contribution in [0.2, 0.25) is 0 Å². The normalized spacial score (nSPS) is 13.8. The Morgan fingerprint density at radius 2 is 1.66 bits per heavy atom. The van der Waals surface area contributed by atoms with Crippen LogP contribution in [0.25, 0.3) is 0 Å². The average molecular weight is 415 g/mol. The van der Waals surface area contributed by atoms with Gasteiger partial charge in [-0.25, -0.2) is 0 Å². The summed E-state index contributed by atoms with van der Waals surface area (Å²) in [5.41, 5.74) is 3.19. The summed E-state index contributed by atoms with van der Waals surface area (Å²) >= 11 is 5.86. The first-order valence-electron chi connectivity index (χ1n) is 9.99. The molecule has 0 radical (unpaired) electrons. The van der Waals surface area contributed by atoms with E-state index in [4.69, 9.17) is 26.4 Å². The highest BCUT2D eigenvalue weighted by molar-refractivity contribution is 7.80. The summed E-state index contributed by atoms with van der Waals surface area (Å²) in [6, 6.07) is 12.4. The van der Waals surface area contributed by atoms with E-state index in [1.807, 2.05) is 30.3 Å². The van der Waals surface area contributed by atoms with Crippen LogP contribution in [0.1, 0.15) is 36.8 Å². The molecule has 0 unspecified atom stereocenters. The van der Waals surface area contributed by atoms with E-state index in [9.17, 15) is 0 Å². The molecule has 1 N–H and O–H groups in total. The number of aryl methyl sites for hydroxylation is 1. The molecule has 29 heavy (non-hydrogen) atoms. The maximum Gasteiger partial charge on any atom is 0.173 e. The number of hydrogen-bond acceptors (Lipinski definition) is 4. The largest absolute Gasteiger partial charge is 0.497 e. The van der Waals surface area contributed by atoms with Crippen LogP contribution < -0.4 is 19.5 Å². The van der Waals surface area contributed by atoms with Gasteiger partial charge >= 0.3 is 0 Å². The fourth-order valence-electron chi connectivity index (χ4n) is 3.84. The second-order valence-electron chi connectivity index (χ2n) is 7.35. The molecular formula is C23H30N2O3S. The first-order valence-corrected chi connectivity index (χ1v) is 10.4. The smallest absolute Gasteiger partial charge is 0.173 e. The minimum atomic E-state index is 0.431. The zero-order valence-electron chi connectivity index (χ0n) is 17.7. The van der Waals surface area contributed by atoms with Gasteiger partial charge in [0.2, 0.25) is 0 Å². The molecule has 0 bridgehead atoms. The molecule has 156 valence electrons. The Labute approximate surface area is 179 Å². The Balaban J connectivity index is 1.83. The summed E-state index contributed by atoms with van der Waals surface area (Å²) in [4.78, 5) is 2.30. The average Bonchev–Trinajstić information content (AvgIpc) is 3.27. The lowest BCUT2D eigenvalue weighted by Gasteiger charge is -2.32. The Hall–Kier alpha value is -2.47. The van der Waals surface area contributed by atoms with Crippen LogP contribution in [-0.4, -0.2) is 37.4 Å². The molecule has 0 amide bonds. The van der Waals surface area contributed by atoms with Crippen LogP contribution >= 0.6 is 12.2 Å². The summed E-state index contributed by atoms with van der Waals surface area (Å²) in [7, 11) is 5.03. The van der Waals surface area contributed by atoms with Crippen molar-refractivity contribution >= 4 is 23.0 Å². The van der Waals surface area contributed by atoms with Crippen molar-refractivity contribution in [1.29, 1.82) is 0 Å². The zero-order valence-corrected chi connectivity index (χ0v) is 18.5. The van der Waals surface area contributed by atoms with Crippen molar-refractivity contribution in [2.45, 2.75) is 45.2 Å². The molecule has 6 heteroatoms. The molecule has 0 aliphatic heterocycles. The molecule has 1 aliphatic carbocycles. The summed E-state index contributed by atoms with van der Waals surface area (Å²) in [5, 5.41) is 4.19. The van der Waals surface area contributed by atoms with Crippen molar-refractivity contribution in [3.8, 4) is 17.2 Å². The number of nitrogens with one attached hydrogen (secondary N) is 1. The third kappa shape index (κ3) is 5.12. The predicted octanol–water partition coefficient (Wildman–Crippen LogP) is 5.16. The molecule has 0 atom stereocenters. The molecule has 1 fully saturated rings. The minimum Gasteiger partial charge on any atom is -0.497 e. The lowest BCUT2D eigenvalue weighted by atomic mass is 10.1. The van der Waals surface area contributed by atoms with E-state index in [1.165, 1.54) is 12.8 Å². The van der Waals surface area contributed by atoms with Crippen molar-refractivity contribution in [2.75, 3.05) is 26.6 Å². The monoisotopic (exact) mass is 414 g/mol. The number of ether oxygens (including phenoxy) is 3. The van der Waals surface area contributed by atoms with Crippen LogP contribution in [0.15, 0.2) is 36.4 Å². The van der Waals surface area contributed by atoms with Crippen molar-refractivity contribution in [2.24, 2.45) is 0 Å². The van der Waals surface area contributed by atoms with Gasteiger partial charge in [0.15, 0.2) is 5.11 Å². The quantitative estimate of drug-likeness (QED) is 0.631. The topological polar surface area (TPSA) is 43.0 Å². The van der Waals surface area contributed by atoms with Gasteiger partial charge in [0.05, 0.1) is 21.3 Å². The highest BCUT2D eigenvalue weighted by atomic mass is 32.1. The summed E-state index contributed by atoms with van der Waals surface area (Å²) in [6.45, 7) is 2.75. The number of anilines is 1. The fourth-order valence-corrected chi connectivity index (χ4v) is 4.16. The van der Waals surface area contributed by atoms with Crippen LogP contribution in [0.4, 0.5) is 5.69 Å². The number of hydrogen-bond donors (Lipinski definition) is 1. The zero-order chi connectivity index (χ0) is 20.8. The van der Waals surface area contributed by atoms with Crippen molar-refractivity contribution in [3.05, 3.63) is 47.5 Å². The van der Waals surface area contributed by atoms with Crippen LogP contribution in [0, 0.1) is 6.92 Å². The van der Waals surface area contributed by atoms with E-state index in [0.29, 0.717) is 12.6 Å². The first-order chi connectivity index (χ1) is 14.0. The third-order valence-electron chi connectivity index (χ3n) is 5.54. The van der Waals surface area contributed by atoms with E-state index in [1.54, 1.807) is 21.3 Å². The number of rotatable bonds is 7. The molecule has 5 nitrogen and oxygen atoms in total. The van der Waals surface area contributed by atoms with Gasteiger partial charge < -0.3 is 24.4 Å². The number of thiocarbonyl (C=S) groups is 1. The van der Waals surface area contributed by atoms with E-state index >= 15 is 0 Å². The first kappa shape index (κ1) is 21.2. The SMILES string of the molecule is COc1ccc(NC(=S)N(Cc2ccc(OC)cc2OC)C2CCCC2)c(C)c1. The van der Waals surface area contributed by atoms with Gasteiger partial charge in [0.1, 0.15) is 17.2 Å². The summed E-state index contributed by atoms with van der Waals surface area (Å²) in [6.07, 6.45) is 4.79. The van der Waals surface area contributed by atoms with Gasteiger partial charge in [0.25, 0.3) is 0 Å². The van der Waals surface area contributed by atoms with Crippen molar-refractivity contribution in [3.63, 3.8) is 0 Å². The lowest BCUT2D eigenvalue weighted by molar-refractivity contribution is 0.304. The Morgan fingerprint density at radius 1 is 1.00 bits per heavy atom. The van der Waals surface area contributed by atoms with Gasteiger partial charge in [-0.05, 0) is 67.9 Å². The van der Waals surface area contributed by atoms with Crippen LogP contribution in [-0.2, 0) is 6.54 Å². The van der Waals surface area contributed by atoms with Gasteiger partial charge in [-0.1, -0.05) is 12.8 Å². The van der Waals surface area contributed by atoms with Crippen molar-refractivity contribution < 1.29 is 14.2 Å². The Bertz CT molecular complexity index is 850. The number of benzene rings is 2. The highest BCUT2D eigenvalue weighted by Gasteiger charge is 2.26. The second-order valence-corrected chi connectivity index (χ2v) is 7.74. The molecule has 1 saturated carbocycles. The lowest BCUT2D eigenvalue weighted by Crippen LogP contribution is -2.41. The summed E-state index contributed by atoms with van der Waals surface area (Å²) in [5.74, 6) is 2.44. The molecule has 3 rings (SSSR count). The molecule has 2 aromatic rings. The molecule has 0 heterocycles. The Morgan fingerprint density at radius 3 is 2.28 bits per heavy atom. The second kappa shape index (κ2) is 9.83. The number of nitrogens with zero attached hydrogens (tertiary/aromatic N) is 1. The minimum absolute atomic E-state index is 0.431. The molecule has 0 aromatic heterocycles. The predicted molar refractivity (Wildman–Crippen MR) is 121 cm³/mol. The van der Waals surface area contributed by atoms with Gasteiger partial charge in [0, 0.05) is 29.9 Å². The van der Waals surface area contributed by atoms with E-state index in [0.717, 1.165) is 52.0 Å². The van der Waals surface area contributed by atoms with Crippen LogP contribution in [0.3, 0.4) is 0 Å². The van der Waals surface area contributed by atoms with Gasteiger partial charge in [-0.15, -0.1) is 0 Å². The molecule has 0 spiro atoms. The molecular weight excluding hydrogens is 384 g/mol. The molecule has 1 aliphatic rings. The standard InChI is InChI=1S/C23H30N2O3S/c1-16-13-19(26-2)11-12-21(16)24-23(29)25(18-7-5-6-8-18)15-17-9-10-20(27-3)14-22(17)28-4/h9-14,18H,5-8,15H2,1-4H3,(H,24,29).